The van der Waals surface area contributed by atoms with Gasteiger partial charge in [-0.05, 0) is 19.5 Å². The van der Waals surface area contributed by atoms with Gasteiger partial charge in [0, 0.05) is 38.7 Å². The predicted molar refractivity (Wildman–Crippen MR) is 83.9 cm³/mol. The topological polar surface area (TPSA) is 39.7 Å². The first kappa shape index (κ1) is 16.3. The number of aryl methyl sites for hydroxylation is 1. The summed E-state index contributed by atoms with van der Waals surface area (Å²) in [6, 6.07) is 6.42. The Morgan fingerprint density at radius 2 is 2.00 bits per heavy atom. The van der Waals surface area contributed by atoms with E-state index in [0.717, 1.165) is 38.3 Å². The van der Waals surface area contributed by atoms with E-state index in [-0.39, 0.29) is 11.6 Å². The van der Waals surface area contributed by atoms with Crippen molar-refractivity contribution in [3.63, 3.8) is 0 Å². The van der Waals surface area contributed by atoms with Gasteiger partial charge in [0.05, 0.1) is 18.8 Å². The van der Waals surface area contributed by atoms with Crippen molar-refractivity contribution in [2.75, 3.05) is 34.0 Å². The minimum Gasteiger partial charge on any atom is -0.496 e. The highest BCUT2D eigenvalue weighted by Gasteiger charge is 2.42. The summed E-state index contributed by atoms with van der Waals surface area (Å²) in [5, 5.41) is 3.60. The van der Waals surface area contributed by atoms with E-state index in [0.29, 0.717) is 0 Å². The second kappa shape index (κ2) is 7.25. The maximum absolute atomic E-state index is 5.99. The molecule has 1 heterocycles. The number of methoxy groups -OCH3 is 2. The molecule has 21 heavy (non-hydrogen) atoms. The molecule has 0 bridgehead atoms. The third-order valence-electron chi connectivity index (χ3n) is 4.38. The standard InChI is InChI=1S/C17H27NO3/c1-5-18-16(17(20-4)8-10-21-11-9-17)14-12-13(2)6-7-15(14)19-3/h6-7,12,16,18H,5,8-11H2,1-4H3. The van der Waals surface area contributed by atoms with Gasteiger partial charge in [0.25, 0.3) is 0 Å². The summed E-state index contributed by atoms with van der Waals surface area (Å²) >= 11 is 0. The van der Waals surface area contributed by atoms with Crippen molar-refractivity contribution in [2.24, 2.45) is 0 Å². The van der Waals surface area contributed by atoms with Gasteiger partial charge in [0.15, 0.2) is 0 Å². The molecular formula is C17H27NO3. The molecule has 1 atom stereocenters. The van der Waals surface area contributed by atoms with Crippen molar-refractivity contribution in [1.82, 2.24) is 5.32 Å². The van der Waals surface area contributed by atoms with Crippen LogP contribution in [-0.4, -0.2) is 39.6 Å². The van der Waals surface area contributed by atoms with E-state index in [1.807, 2.05) is 6.07 Å². The van der Waals surface area contributed by atoms with Crippen molar-refractivity contribution in [3.05, 3.63) is 29.3 Å². The van der Waals surface area contributed by atoms with Crippen LogP contribution in [0.2, 0.25) is 0 Å². The Morgan fingerprint density at radius 3 is 2.57 bits per heavy atom. The van der Waals surface area contributed by atoms with Gasteiger partial charge in [0.2, 0.25) is 0 Å². The summed E-state index contributed by atoms with van der Waals surface area (Å²) < 4.78 is 17.1. The molecule has 0 radical (unpaired) electrons. The van der Waals surface area contributed by atoms with Crippen LogP contribution in [0.15, 0.2) is 18.2 Å². The molecule has 0 amide bonds. The molecule has 1 aromatic carbocycles. The van der Waals surface area contributed by atoms with Crippen LogP contribution in [0.4, 0.5) is 0 Å². The Bertz CT molecular complexity index is 455. The van der Waals surface area contributed by atoms with Gasteiger partial charge in [-0.2, -0.15) is 0 Å². The van der Waals surface area contributed by atoms with Gasteiger partial charge in [-0.15, -0.1) is 0 Å². The second-order valence-electron chi connectivity index (χ2n) is 5.62. The van der Waals surface area contributed by atoms with Gasteiger partial charge in [0.1, 0.15) is 5.75 Å². The highest BCUT2D eigenvalue weighted by atomic mass is 16.5. The van der Waals surface area contributed by atoms with Crippen LogP contribution >= 0.6 is 0 Å². The Balaban J connectivity index is 2.44. The third kappa shape index (κ3) is 3.39. The van der Waals surface area contributed by atoms with Crippen LogP contribution in [0.25, 0.3) is 0 Å². The molecule has 0 aromatic heterocycles. The SMILES string of the molecule is CCNC(c1cc(C)ccc1OC)C1(OC)CCOCC1. The zero-order valence-corrected chi connectivity index (χ0v) is 13.6. The van der Waals surface area contributed by atoms with Crippen molar-refractivity contribution in [3.8, 4) is 5.75 Å². The van der Waals surface area contributed by atoms with E-state index in [1.165, 1.54) is 11.1 Å². The monoisotopic (exact) mass is 293 g/mol. The number of rotatable bonds is 6. The van der Waals surface area contributed by atoms with Crippen LogP contribution in [-0.2, 0) is 9.47 Å². The Kier molecular flexibility index (Phi) is 5.62. The molecule has 1 N–H and O–H groups in total. The lowest BCUT2D eigenvalue weighted by atomic mass is 9.81. The van der Waals surface area contributed by atoms with E-state index >= 15 is 0 Å². The minimum absolute atomic E-state index is 0.103. The Labute approximate surface area is 127 Å². The number of ether oxygens (including phenoxy) is 3. The van der Waals surface area contributed by atoms with Gasteiger partial charge >= 0.3 is 0 Å². The number of benzene rings is 1. The van der Waals surface area contributed by atoms with E-state index in [4.69, 9.17) is 14.2 Å². The molecule has 0 saturated carbocycles. The molecule has 1 aliphatic heterocycles. The lowest BCUT2D eigenvalue weighted by molar-refractivity contribution is -0.111. The summed E-state index contributed by atoms with van der Waals surface area (Å²) in [6.45, 7) is 6.59. The average Bonchev–Trinajstić information content (AvgIpc) is 2.53. The van der Waals surface area contributed by atoms with Crippen LogP contribution in [0.5, 0.6) is 5.75 Å². The van der Waals surface area contributed by atoms with Crippen molar-refractivity contribution >= 4 is 0 Å². The summed E-state index contributed by atoms with van der Waals surface area (Å²) in [5.41, 5.74) is 2.16. The van der Waals surface area contributed by atoms with Gasteiger partial charge in [-0.25, -0.2) is 0 Å². The first-order chi connectivity index (χ1) is 10.2. The summed E-state index contributed by atoms with van der Waals surface area (Å²) in [6.07, 6.45) is 1.77. The second-order valence-corrected chi connectivity index (χ2v) is 5.62. The number of hydrogen-bond donors (Lipinski definition) is 1. The van der Waals surface area contributed by atoms with Crippen LogP contribution in [0.1, 0.15) is 36.9 Å². The van der Waals surface area contributed by atoms with E-state index in [9.17, 15) is 0 Å². The van der Waals surface area contributed by atoms with E-state index in [1.54, 1.807) is 14.2 Å². The molecule has 1 unspecified atom stereocenters. The lowest BCUT2D eigenvalue weighted by Gasteiger charge is -2.43. The predicted octanol–water partition coefficient (Wildman–Crippen LogP) is 2.85. The molecule has 1 aromatic rings. The highest BCUT2D eigenvalue weighted by molar-refractivity contribution is 5.40. The summed E-state index contributed by atoms with van der Waals surface area (Å²) in [5.74, 6) is 0.912. The van der Waals surface area contributed by atoms with Gasteiger partial charge < -0.3 is 19.5 Å². The maximum atomic E-state index is 5.99. The van der Waals surface area contributed by atoms with E-state index < -0.39 is 0 Å². The summed E-state index contributed by atoms with van der Waals surface area (Å²) in [4.78, 5) is 0. The van der Waals surface area contributed by atoms with Crippen molar-refractivity contribution in [1.29, 1.82) is 0 Å². The molecule has 4 heteroatoms. The third-order valence-corrected chi connectivity index (χ3v) is 4.38. The minimum atomic E-state index is -0.241. The molecule has 1 fully saturated rings. The normalized spacial score (nSPS) is 19.2. The zero-order valence-electron chi connectivity index (χ0n) is 13.6. The fourth-order valence-corrected chi connectivity index (χ4v) is 3.19. The Morgan fingerprint density at radius 1 is 1.29 bits per heavy atom. The van der Waals surface area contributed by atoms with Crippen LogP contribution in [0, 0.1) is 6.92 Å². The van der Waals surface area contributed by atoms with E-state index in [2.05, 4.69) is 31.3 Å². The Hall–Kier alpha value is -1.10. The molecule has 0 aliphatic carbocycles. The average molecular weight is 293 g/mol. The quantitative estimate of drug-likeness (QED) is 0.875. The smallest absolute Gasteiger partial charge is 0.123 e. The number of nitrogens with one attached hydrogen (secondary N) is 1. The molecular weight excluding hydrogens is 266 g/mol. The van der Waals surface area contributed by atoms with Gasteiger partial charge in [-0.3, -0.25) is 0 Å². The first-order valence-corrected chi connectivity index (χ1v) is 7.67. The summed E-state index contributed by atoms with van der Waals surface area (Å²) in [7, 11) is 3.53. The van der Waals surface area contributed by atoms with Gasteiger partial charge in [-0.1, -0.05) is 24.6 Å². The molecule has 4 nitrogen and oxygen atoms in total. The van der Waals surface area contributed by atoms with Crippen molar-refractivity contribution in [2.45, 2.75) is 38.3 Å². The first-order valence-electron chi connectivity index (χ1n) is 7.67. The molecule has 0 spiro atoms. The fourth-order valence-electron chi connectivity index (χ4n) is 3.19. The highest BCUT2D eigenvalue weighted by Crippen LogP contribution is 2.40. The maximum Gasteiger partial charge on any atom is 0.123 e. The molecule has 2 rings (SSSR count). The number of hydrogen-bond acceptors (Lipinski definition) is 4. The van der Waals surface area contributed by atoms with Crippen LogP contribution < -0.4 is 10.1 Å². The lowest BCUT2D eigenvalue weighted by Crippen LogP contribution is -2.49. The molecule has 1 saturated heterocycles. The zero-order chi connectivity index (χ0) is 15.3. The molecule has 118 valence electrons. The van der Waals surface area contributed by atoms with Crippen molar-refractivity contribution < 1.29 is 14.2 Å². The fraction of sp³-hybridized carbons (Fsp3) is 0.647. The largest absolute Gasteiger partial charge is 0.496 e. The molecule has 1 aliphatic rings. The van der Waals surface area contributed by atoms with Crippen LogP contribution in [0.3, 0.4) is 0 Å². The number of likely N-dealkylation sites (N-methyl/N-ethyl adjacent to an activating group) is 1.